The van der Waals surface area contributed by atoms with Gasteiger partial charge in [-0.3, -0.25) is 4.98 Å². The molecule has 3 nitrogen and oxygen atoms in total. The van der Waals surface area contributed by atoms with E-state index in [1.54, 1.807) is 6.20 Å². The van der Waals surface area contributed by atoms with Crippen LogP contribution in [0.25, 0.3) is 16.6 Å². The van der Waals surface area contributed by atoms with Gasteiger partial charge in [0.05, 0.1) is 11.7 Å². The number of aryl methyl sites for hydroxylation is 1. The molecule has 0 spiro atoms. The van der Waals surface area contributed by atoms with Crippen molar-refractivity contribution in [1.29, 1.82) is 0 Å². The lowest BCUT2D eigenvalue weighted by Gasteiger charge is -2.01. The summed E-state index contributed by atoms with van der Waals surface area (Å²) >= 11 is 0. The predicted molar refractivity (Wildman–Crippen MR) is 63.2 cm³/mol. The van der Waals surface area contributed by atoms with Crippen LogP contribution in [0.1, 0.15) is 5.56 Å². The largest absolute Gasteiger partial charge is 0.264 e. The van der Waals surface area contributed by atoms with E-state index >= 15 is 0 Å². The Labute approximate surface area is 93.4 Å². The molecule has 78 valence electrons. The summed E-state index contributed by atoms with van der Waals surface area (Å²) in [5, 5.41) is 4.30. The van der Waals surface area contributed by atoms with Crippen molar-refractivity contribution < 1.29 is 0 Å². The Morgan fingerprint density at radius 2 is 2.00 bits per heavy atom. The first-order chi connectivity index (χ1) is 7.84. The smallest absolute Gasteiger partial charge is 0.0691 e. The zero-order valence-corrected chi connectivity index (χ0v) is 8.96. The molecule has 0 aliphatic carbocycles. The van der Waals surface area contributed by atoms with Gasteiger partial charge in [0.1, 0.15) is 0 Å². The number of fused-ring (bicyclic) bond motifs is 1. The molecule has 0 bridgehead atoms. The molecule has 3 aromatic heterocycles. The van der Waals surface area contributed by atoms with Gasteiger partial charge in [0.15, 0.2) is 0 Å². The van der Waals surface area contributed by atoms with Gasteiger partial charge in [-0.25, -0.2) is 4.52 Å². The Morgan fingerprint density at radius 1 is 1.06 bits per heavy atom. The monoisotopic (exact) mass is 209 g/mol. The molecule has 0 radical (unpaired) electrons. The van der Waals surface area contributed by atoms with E-state index in [2.05, 4.69) is 29.1 Å². The first-order valence-electron chi connectivity index (χ1n) is 5.19. The summed E-state index contributed by atoms with van der Waals surface area (Å²) in [6.45, 7) is 2.06. The maximum absolute atomic E-state index is 4.30. The molecular weight excluding hydrogens is 198 g/mol. The molecule has 0 N–H and O–H groups in total. The van der Waals surface area contributed by atoms with Gasteiger partial charge in [0.2, 0.25) is 0 Å². The van der Waals surface area contributed by atoms with Crippen LogP contribution in [0.15, 0.2) is 49.1 Å². The highest BCUT2D eigenvalue weighted by atomic mass is 15.2. The molecule has 0 aromatic carbocycles. The van der Waals surface area contributed by atoms with Gasteiger partial charge in [-0.1, -0.05) is 12.1 Å². The van der Waals surface area contributed by atoms with Crippen LogP contribution in [-0.2, 0) is 0 Å². The Kier molecular flexibility index (Phi) is 1.96. The topological polar surface area (TPSA) is 30.2 Å². The molecule has 0 aliphatic rings. The van der Waals surface area contributed by atoms with Crippen molar-refractivity contribution in [3.8, 4) is 11.1 Å². The summed E-state index contributed by atoms with van der Waals surface area (Å²) in [7, 11) is 0. The van der Waals surface area contributed by atoms with Crippen LogP contribution in [0.3, 0.4) is 0 Å². The third-order valence-corrected chi connectivity index (χ3v) is 2.70. The molecule has 0 saturated carbocycles. The molecule has 0 aliphatic heterocycles. The second-order valence-electron chi connectivity index (χ2n) is 3.82. The zero-order valence-electron chi connectivity index (χ0n) is 8.96. The first kappa shape index (κ1) is 9.09. The van der Waals surface area contributed by atoms with Crippen LogP contribution in [-0.4, -0.2) is 14.6 Å². The summed E-state index contributed by atoms with van der Waals surface area (Å²) in [4.78, 5) is 4.12. The van der Waals surface area contributed by atoms with Crippen molar-refractivity contribution in [3.63, 3.8) is 0 Å². The summed E-state index contributed by atoms with van der Waals surface area (Å²) in [6, 6.07) is 8.17. The molecule has 0 amide bonds. The van der Waals surface area contributed by atoms with Crippen LogP contribution in [0.5, 0.6) is 0 Å². The van der Waals surface area contributed by atoms with E-state index in [0.717, 1.165) is 16.6 Å². The summed E-state index contributed by atoms with van der Waals surface area (Å²) in [5.41, 5.74) is 4.58. The predicted octanol–water partition coefficient (Wildman–Crippen LogP) is 2.70. The quantitative estimate of drug-likeness (QED) is 0.616. The molecular formula is C13H11N3. The third kappa shape index (κ3) is 1.37. The number of hydrogen-bond acceptors (Lipinski definition) is 2. The minimum atomic E-state index is 1.11. The first-order valence-corrected chi connectivity index (χ1v) is 5.19. The highest BCUT2D eigenvalue weighted by Crippen LogP contribution is 2.19. The van der Waals surface area contributed by atoms with Gasteiger partial charge in [-0.15, -0.1) is 0 Å². The Morgan fingerprint density at radius 3 is 2.81 bits per heavy atom. The van der Waals surface area contributed by atoms with Crippen LogP contribution >= 0.6 is 0 Å². The van der Waals surface area contributed by atoms with Crippen LogP contribution in [0.2, 0.25) is 0 Å². The Hall–Kier alpha value is -2.16. The maximum atomic E-state index is 4.30. The van der Waals surface area contributed by atoms with Crippen molar-refractivity contribution >= 4 is 5.52 Å². The lowest BCUT2D eigenvalue weighted by atomic mass is 10.1. The molecule has 16 heavy (non-hydrogen) atoms. The van der Waals surface area contributed by atoms with Crippen molar-refractivity contribution in [2.45, 2.75) is 6.92 Å². The van der Waals surface area contributed by atoms with E-state index in [1.807, 2.05) is 35.2 Å². The zero-order chi connectivity index (χ0) is 11.0. The van der Waals surface area contributed by atoms with Crippen LogP contribution < -0.4 is 0 Å². The second-order valence-corrected chi connectivity index (χ2v) is 3.82. The fourth-order valence-corrected chi connectivity index (χ4v) is 1.82. The number of pyridine rings is 2. The van der Waals surface area contributed by atoms with Crippen molar-refractivity contribution in [3.05, 3.63) is 54.6 Å². The highest BCUT2D eigenvalue weighted by molar-refractivity contribution is 5.65. The third-order valence-electron chi connectivity index (χ3n) is 2.70. The van der Waals surface area contributed by atoms with E-state index in [4.69, 9.17) is 0 Å². The van der Waals surface area contributed by atoms with Gasteiger partial charge < -0.3 is 0 Å². The highest BCUT2D eigenvalue weighted by Gasteiger charge is 2.02. The number of nitrogens with zero attached hydrogens (tertiary/aromatic N) is 3. The lowest BCUT2D eigenvalue weighted by Crippen LogP contribution is -1.88. The number of hydrogen-bond donors (Lipinski definition) is 0. The normalized spacial score (nSPS) is 10.8. The van der Waals surface area contributed by atoms with E-state index < -0.39 is 0 Å². The standard InChI is InChI=1S/C13H11N3/c1-10-7-15-16-9-12(4-5-13(10)16)11-3-2-6-14-8-11/h2-9H,1H3. The molecule has 3 heterocycles. The van der Waals surface area contributed by atoms with E-state index in [1.165, 1.54) is 5.56 Å². The lowest BCUT2D eigenvalue weighted by molar-refractivity contribution is 0.962. The fourth-order valence-electron chi connectivity index (χ4n) is 1.82. The van der Waals surface area contributed by atoms with Crippen LogP contribution in [0, 0.1) is 6.92 Å². The average Bonchev–Trinajstić information content (AvgIpc) is 2.72. The van der Waals surface area contributed by atoms with Crippen molar-refractivity contribution in [2.75, 3.05) is 0 Å². The minimum absolute atomic E-state index is 1.11. The summed E-state index contributed by atoms with van der Waals surface area (Å²) < 4.78 is 1.90. The van der Waals surface area contributed by atoms with Gasteiger partial charge >= 0.3 is 0 Å². The van der Waals surface area contributed by atoms with E-state index in [0.29, 0.717) is 0 Å². The van der Waals surface area contributed by atoms with Gasteiger partial charge in [-0.2, -0.15) is 5.10 Å². The van der Waals surface area contributed by atoms with Gasteiger partial charge in [0, 0.05) is 29.7 Å². The van der Waals surface area contributed by atoms with E-state index in [-0.39, 0.29) is 0 Å². The van der Waals surface area contributed by atoms with E-state index in [9.17, 15) is 0 Å². The molecule has 3 aromatic rings. The Bertz CT molecular complexity index is 626. The molecule has 0 atom stereocenters. The summed E-state index contributed by atoms with van der Waals surface area (Å²) in [5.74, 6) is 0. The molecule has 3 heteroatoms. The molecule has 0 fully saturated rings. The fraction of sp³-hybridized carbons (Fsp3) is 0.0769. The number of aromatic nitrogens is 3. The molecule has 0 saturated heterocycles. The van der Waals surface area contributed by atoms with Crippen molar-refractivity contribution in [2.24, 2.45) is 0 Å². The van der Waals surface area contributed by atoms with Gasteiger partial charge in [-0.05, 0) is 24.6 Å². The second kappa shape index (κ2) is 3.45. The van der Waals surface area contributed by atoms with Crippen molar-refractivity contribution in [1.82, 2.24) is 14.6 Å². The summed E-state index contributed by atoms with van der Waals surface area (Å²) in [6.07, 6.45) is 7.54. The molecule has 0 unspecified atom stereocenters. The van der Waals surface area contributed by atoms with Crippen LogP contribution in [0.4, 0.5) is 0 Å². The average molecular weight is 209 g/mol. The minimum Gasteiger partial charge on any atom is -0.264 e. The molecule has 3 rings (SSSR count). The number of rotatable bonds is 1. The Balaban J connectivity index is 2.19. The van der Waals surface area contributed by atoms with Gasteiger partial charge in [0.25, 0.3) is 0 Å². The maximum Gasteiger partial charge on any atom is 0.0691 e. The SMILES string of the molecule is Cc1cnn2cc(-c3cccnc3)ccc12.